The minimum Gasteiger partial charge on any atom is -0.369 e. The maximum absolute atomic E-state index is 12.6. The average molecular weight is 429 g/mol. The van der Waals surface area contributed by atoms with Gasteiger partial charge in [0.2, 0.25) is 11.9 Å². The summed E-state index contributed by atoms with van der Waals surface area (Å²) < 4.78 is 0. The van der Waals surface area contributed by atoms with Crippen LogP contribution in [0.2, 0.25) is 0 Å². The van der Waals surface area contributed by atoms with E-state index in [1.165, 1.54) is 45.2 Å². The number of piperidine rings is 3. The molecule has 7 nitrogen and oxygen atoms in total. The van der Waals surface area contributed by atoms with Crippen LogP contribution in [-0.2, 0) is 4.79 Å². The molecule has 3 saturated heterocycles. The third-order valence-corrected chi connectivity index (χ3v) is 7.19. The van der Waals surface area contributed by atoms with Gasteiger partial charge in [0.15, 0.2) is 0 Å². The van der Waals surface area contributed by atoms with E-state index in [0.717, 1.165) is 76.1 Å². The van der Waals surface area contributed by atoms with Gasteiger partial charge in [-0.3, -0.25) is 4.79 Å². The van der Waals surface area contributed by atoms with Gasteiger partial charge in [-0.15, -0.1) is 0 Å². The lowest BCUT2D eigenvalue weighted by Crippen LogP contribution is -2.41. The van der Waals surface area contributed by atoms with E-state index in [0.29, 0.717) is 0 Å². The smallest absolute Gasteiger partial charge is 0.225 e. The van der Waals surface area contributed by atoms with E-state index in [-0.39, 0.29) is 11.8 Å². The van der Waals surface area contributed by atoms with E-state index in [4.69, 9.17) is 0 Å². The first-order valence-electron chi connectivity index (χ1n) is 12.5. The molecule has 0 radical (unpaired) electrons. The summed E-state index contributed by atoms with van der Waals surface area (Å²) in [5.41, 5.74) is 1.08. The molecular weight excluding hydrogens is 388 g/mol. The number of rotatable bonds is 7. The average Bonchev–Trinajstić information content (AvgIpc) is 2.82. The second-order valence-electron chi connectivity index (χ2n) is 9.74. The van der Waals surface area contributed by atoms with Crippen molar-refractivity contribution in [3.63, 3.8) is 0 Å². The van der Waals surface area contributed by atoms with E-state index in [1.807, 2.05) is 12.4 Å². The van der Waals surface area contributed by atoms with Gasteiger partial charge in [-0.05, 0) is 70.4 Å². The zero-order chi connectivity index (χ0) is 21.5. The van der Waals surface area contributed by atoms with Gasteiger partial charge < -0.3 is 20.0 Å². The number of carbonyl (C=O) groups is 1. The molecule has 1 amide bonds. The Labute approximate surface area is 187 Å². The Bertz CT molecular complexity index is 682. The highest BCUT2D eigenvalue weighted by Crippen LogP contribution is 2.24. The Kier molecular flexibility index (Phi) is 8.00. The highest BCUT2D eigenvalue weighted by atomic mass is 16.1. The lowest BCUT2D eigenvalue weighted by Gasteiger charge is -2.33. The van der Waals surface area contributed by atoms with Gasteiger partial charge in [0.25, 0.3) is 0 Å². The maximum Gasteiger partial charge on any atom is 0.225 e. The van der Waals surface area contributed by atoms with Crippen molar-refractivity contribution < 1.29 is 4.79 Å². The quantitative estimate of drug-likeness (QED) is 0.674. The summed E-state index contributed by atoms with van der Waals surface area (Å²) in [4.78, 5) is 29.0. The monoisotopic (exact) mass is 428 g/mol. The van der Waals surface area contributed by atoms with Crippen LogP contribution in [0.5, 0.6) is 0 Å². The predicted octanol–water partition coefficient (Wildman–Crippen LogP) is 2.92. The second kappa shape index (κ2) is 11.1. The normalized spacial score (nSPS) is 23.7. The Morgan fingerprint density at radius 1 is 0.968 bits per heavy atom. The molecule has 0 aromatic carbocycles. The van der Waals surface area contributed by atoms with Crippen LogP contribution >= 0.6 is 0 Å². The summed E-state index contributed by atoms with van der Waals surface area (Å²) in [7, 11) is 0. The van der Waals surface area contributed by atoms with Gasteiger partial charge in [-0.2, -0.15) is 0 Å². The van der Waals surface area contributed by atoms with E-state index in [1.54, 1.807) is 0 Å². The molecule has 0 aliphatic carbocycles. The first kappa shape index (κ1) is 22.3. The molecule has 4 rings (SSSR count). The van der Waals surface area contributed by atoms with Crippen LogP contribution in [0.25, 0.3) is 0 Å². The topological polar surface area (TPSA) is 64.6 Å². The number of nitrogens with zero attached hydrogens (tertiary/aromatic N) is 5. The highest BCUT2D eigenvalue weighted by Gasteiger charge is 2.25. The van der Waals surface area contributed by atoms with Crippen molar-refractivity contribution >= 4 is 17.5 Å². The van der Waals surface area contributed by atoms with Crippen LogP contribution in [0.4, 0.5) is 11.6 Å². The molecule has 0 bridgehead atoms. The van der Waals surface area contributed by atoms with Crippen molar-refractivity contribution in [2.45, 2.75) is 58.3 Å². The van der Waals surface area contributed by atoms with Crippen molar-refractivity contribution in [3.8, 4) is 0 Å². The lowest BCUT2D eigenvalue weighted by molar-refractivity contribution is -0.125. The molecule has 172 valence electrons. The van der Waals surface area contributed by atoms with Crippen molar-refractivity contribution in [2.24, 2.45) is 11.8 Å². The van der Waals surface area contributed by atoms with Crippen molar-refractivity contribution in [3.05, 3.63) is 12.4 Å². The highest BCUT2D eigenvalue weighted by molar-refractivity contribution is 5.78. The molecule has 31 heavy (non-hydrogen) atoms. The Hall–Kier alpha value is -1.89. The third kappa shape index (κ3) is 6.31. The number of amides is 1. The van der Waals surface area contributed by atoms with E-state index in [2.05, 4.69) is 36.9 Å². The van der Waals surface area contributed by atoms with Crippen molar-refractivity contribution in [2.75, 3.05) is 62.2 Å². The van der Waals surface area contributed by atoms with Gasteiger partial charge in [-0.1, -0.05) is 6.92 Å². The molecular formula is C24H40N6O. The number of carbonyl (C=O) groups excluding carboxylic acids is 1. The molecule has 7 heteroatoms. The summed E-state index contributed by atoms with van der Waals surface area (Å²) in [5.74, 6) is 2.06. The first-order chi connectivity index (χ1) is 15.2. The zero-order valence-electron chi connectivity index (χ0n) is 19.3. The summed E-state index contributed by atoms with van der Waals surface area (Å²) in [5, 5.41) is 3.19. The molecule has 3 fully saturated rings. The fourth-order valence-electron chi connectivity index (χ4n) is 5.28. The van der Waals surface area contributed by atoms with Crippen molar-refractivity contribution in [1.29, 1.82) is 0 Å². The molecule has 1 atom stereocenters. The van der Waals surface area contributed by atoms with Crippen LogP contribution in [-0.4, -0.2) is 73.1 Å². The lowest BCUT2D eigenvalue weighted by atomic mass is 9.95. The standard InChI is InChI=1S/C24H40N6O/c1-20-7-5-11-28(19-20)12-6-10-25-23(31)21-8-15-29(16-9-21)22-17-26-24(27-18-22)30-13-3-2-4-14-30/h17-18,20-21H,2-16,19H2,1H3,(H,25,31). The van der Waals surface area contributed by atoms with Gasteiger partial charge in [0.1, 0.15) is 0 Å². The third-order valence-electron chi connectivity index (χ3n) is 7.19. The minimum atomic E-state index is 0.139. The van der Waals surface area contributed by atoms with Gasteiger partial charge >= 0.3 is 0 Å². The Morgan fingerprint density at radius 2 is 1.71 bits per heavy atom. The summed E-state index contributed by atoms with van der Waals surface area (Å²) in [6.45, 7) is 10.6. The maximum atomic E-state index is 12.6. The fourth-order valence-corrected chi connectivity index (χ4v) is 5.28. The number of nitrogens with one attached hydrogen (secondary N) is 1. The number of hydrogen-bond acceptors (Lipinski definition) is 6. The largest absolute Gasteiger partial charge is 0.369 e. The van der Waals surface area contributed by atoms with Crippen LogP contribution in [0, 0.1) is 11.8 Å². The van der Waals surface area contributed by atoms with Crippen molar-refractivity contribution in [1.82, 2.24) is 20.2 Å². The molecule has 1 N–H and O–H groups in total. The van der Waals surface area contributed by atoms with Gasteiger partial charge in [0.05, 0.1) is 18.1 Å². The summed E-state index contributed by atoms with van der Waals surface area (Å²) in [6.07, 6.45) is 13.2. The molecule has 4 heterocycles. The predicted molar refractivity (Wildman–Crippen MR) is 125 cm³/mol. The molecule has 0 saturated carbocycles. The van der Waals surface area contributed by atoms with Crippen LogP contribution in [0.15, 0.2) is 12.4 Å². The molecule has 3 aliphatic rings. The minimum absolute atomic E-state index is 0.139. The summed E-state index contributed by atoms with van der Waals surface area (Å²) >= 11 is 0. The van der Waals surface area contributed by atoms with E-state index < -0.39 is 0 Å². The second-order valence-corrected chi connectivity index (χ2v) is 9.74. The molecule has 1 aromatic heterocycles. The molecule has 1 aromatic rings. The fraction of sp³-hybridized carbons (Fsp3) is 0.792. The number of hydrogen-bond donors (Lipinski definition) is 1. The van der Waals surface area contributed by atoms with Crippen LogP contribution in [0.3, 0.4) is 0 Å². The SMILES string of the molecule is CC1CCCN(CCCNC(=O)C2CCN(c3cnc(N4CCCCC4)nc3)CC2)C1. The Morgan fingerprint density at radius 3 is 2.42 bits per heavy atom. The zero-order valence-corrected chi connectivity index (χ0v) is 19.3. The van der Waals surface area contributed by atoms with Gasteiger partial charge in [-0.25, -0.2) is 9.97 Å². The number of aromatic nitrogens is 2. The number of anilines is 2. The molecule has 0 spiro atoms. The number of likely N-dealkylation sites (tertiary alicyclic amines) is 1. The molecule has 3 aliphatic heterocycles. The Balaban J connectivity index is 1.15. The van der Waals surface area contributed by atoms with E-state index >= 15 is 0 Å². The first-order valence-corrected chi connectivity index (χ1v) is 12.5. The summed E-state index contributed by atoms with van der Waals surface area (Å²) in [6, 6.07) is 0. The van der Waals surface area contributed by atoms with Gasteiger partial charge in [0, 0.05) is 45.2 Å². The van der Waals surface area contributed by atoms with Crippen LogP contribution in [0.1, 0.15) is 58.3 Å². The van der Waals surface area contributed by atoms with Crippen LogP contribution < -0.4 is 15.1 Å². The molecule has 1 unspecified atom stereocenters. The van der Waals surface area contributed by atoms with E-state index in [9.17, 15) is 4.79 Å².